The second kappa shape index (κ2) is 10.3. The molecule has 0 aliphatic heterocycles. The predicted molar refractivity (Wildman–Crippen MR) is 95.3 cm³/mol. The summed E-state index contributed by atoms with van der Waals surface area (Å²) in [6.45, 7) is 0. The van der Waals surface area contributed by atoms with E-state index in [9.17, 15) is 8.78 Å². The topological polar surface area (TPSA) is 64.3 Å². The van der Waals surface area contributed by atoms with Crippen LogP contribution in [0.2, 0.25) is 0 Å². The Morgan fingerprint density at radius 2 is 1.82 bits per heavy atom. The molecule has 0 aliphatic rings. The zero-order valence-electron chi connectivity index (χ0n) is 14.5. The molecule has 0 radical (unpaired) electrons. The number of carbonyl (C=O) groups excluding carboxylic acids is 2. The molecule has 5 nitrogen and oxygen atoms in total. The molecule has 0 bridgehead atoms. The van der Waals surface area contributed by atoms with E-state index in [2.05, 4.69) is 32.2 Å². The van der Waals surface area contributed by atoms with Crippen molar-refractivity contribution in [2.24, 2.45) is 0 Å². The Bertz CT molecular complexity index is 1160. The van der Waals surface area contributed by atoms with Crippen LogP contribution >= 0.6 is 15.9 Å². The summed E-state index contributed by atoms with van der Waals surface area (Å²) in [6, 6.07) is 12.6. The van der Waals surface area contributed by atoms with Crippen LogP contribution in [0.5, 0.6) is 0 Å². The minimum atomic E-state index is -0.385. The zero-order valence-corrected chi connectivity index (χ0v) is 19.2. The maximum Gasteiger partial charge on any atom is 1.00 e. The van der Waals surface area contributed by atoms with Gasteiger partial charge in [-0.25, -0.2) is 19.8 Å². The number of rotatable bonds is 2. The van der Waals surface area contributed by atoms with Gasteiger partial charge in [0.15, 0.2) is 0 Å². The van der Waals surface area contributed by atoms with E-state index in [0.29, 0.717) is 32.5 Å². The van der Waals surface area contributed by atoms with E-state index in [1.807, 2.05) is 0 Å². The van der Waals surface area contributed by atoms with Crippen molar-refractivity contribution < 1.29 is 69.8 Å². The average Bonchev–Trinajstić information content (AvgIpc) is 3.06. The number of hydrogen-bond acceptors (Lipinski definition) is 4. The largest absolute Gasteiger partial charge is 1.00 e. The first-order chi connectivity index (χ1) is 13.0. The molecule has 0 amide bonds. The molecule has 0 fully saturated rings. The van der Waals surface area contributed by atoms with Gasteiger partial charge in [0.1, 0.15) is 11.6 Å². The van der Waals surface area contributed by atoms with Gasteiger partial charge in [-0.1, -0.05) is 33.6 Å². The SMILES string of the molecule is Fc1cccc(-c2c[c-]nn3cc(-c4ccc(Br)cc4F)nc23)c1.O=C=O.[K+]. The molecule has 2 heterocycles. The molecule has 2 aromatic heterocycles. The van der Waals surface area contributed by atoms with E-state index >= 15 is 0 Å². The van der Waals surface area contributed by atoms with Gasteiger partial charge >= 0.3 is 57.5 Å². The van der Waals surface area contributed by atoms with E-state index in [0.717, 1.165) is 0 Å². The van der Waals surface area contributed by atoms with Crippen molar-refractivity contribution in [3.8, 4) is 22.4 Å². The first-order valence-corrected chi connectivity index (χ1v) is 8.30. The van der Waals surface area contributed by atoms with Crippen molar-refractivity contribution in [1.82, 2.24) is 14.6 Å². The first kappa shape index (κ1) is 22.7. The van der Waals surface area contributed by atoms with Crippen molar-refractivity contribution >= 4 is 27.7 Å². The van der Waals surface area contributed by atoms with Crippen molar-refractivity contribution in [2.75, 3.05) is 0 Å². The van der Waals surface area contributed by atoms with Gasteiger partial charge < -0.3 is 0 Å². The van der Waals surface area contributed by atoms with Crippen LogP contribution in [0.15, 0.2) is 59.2 Å². The Morgan fingerprint density at radius 1 is 1.07 bits per heavy atom. The third-order valence-electron chi connectivity index (χ3n) is 3.65. The molecule has 134 valence electrons. The summed E-state index contributed by atoms with van der Waals surface area (Å²) in [6.07, 6.45) is 4.64. The maximum absolute atomic E-state index is 14.2. The summed E-state index contributed by atoms with van der Waals surface area (Å²) in [5, 5.41) is 4.09. The van der Waals surface area contributed by atoms with Gasteiger partial charge in [0.25, 0.3) is 0 Å². The molecule has 0 saturated heterocycles. The van der Waals surface area contributed by atoms with Gasteiger partial charge in [-0.3, -0.25) is 9.61 Å². The van der Waals surface area contributed by atoms with Crippen LogP contribution in [0.1, 0.15) is 0 Å². The summed E-state index contributed by atoms with van der Waals surface area (Å²) in [5.74, 6) is -0.725. The number of imidazole rings is 1. The molecule has 0 unspecified atom stereocenters. The van der Waals surface area contributed by atoms with E-state index in [4.69, 9.17) is 9.59 Å². The van der Waals surface area contributed by atoms with Crippen LogP contribution in [-0.2, 0) is 9.59 Å². The van der Waals surface area contributed by atoms with E-state index in [1.54, 1.807) is 36.5 Å². The van der Waals surface area contributed by atoms with Crippen molar-refractivity contribution in [2.45, 2.75) is 0 Å². The number of hydrogen-bond donors (Lipinski definition) is 0. The third kappa shape index (κ3) is 5.06. The maximum atomic E-state index is 14.2. The monoisotopic (exact) mass is 467 g/mol. The van der Waals surface area contributed by atoms with E-state index in [1.165, 1.54) is 22.7 Å². The van der Waals surface area contributed by atoms with Gasteiger partial charge in [0, 0.05) is 10.0 Å². The van der Waals surface area contributed by atoms with Gasteiger partial charge in [0.2, 0.25) is 0 Å². The smallest absolute Gasteiger partial charge is 0.284 e. The first-order valence-electron chi connectivity index (χ1n) is 7.50. The Kier molecular flexibility index (Phi) is 8.32. The minimum Gasteiger partial charge on any atom is -0.284 e. The summed E-state index contributed by atoms with van der Waals surface area (Å²) in [7, 11) is 0. The van der Waals surface area contributed by atoms with Crippen molar-refractivity contribution in [3.05, 3.63) is 77.0 Å². The molecule has 0 atom stereocenters. The Morgan fingerprint density at radius 3 is 2.50 bits per heavy atom. The minimum absolute atomic E-state index is 0. The number of halogens is 3. The quantitative estimate of drug-likeness (QED) is 0.329. The standard InChI is InChI=1S/C18H9BrF2N3.CO2.K/c19-12-4-5-15(16(21)9-12)17-10-24-18(23-17)14(6-7-22-24)11-2-1-3-13(20)8-11;2-1-3;/h1-6,8-10H;;/q-1;;+1. The second-order valence-electron chi connectivity index (χ2n) is 5.30. The van der Waals surface area contributed by atoms with Crippen LogP contribution < -0.4 is 51.4 Å². The van der Waals surface area contributed by atoms with Crippen molar-refractivity contribution in [1.29, 1.82) is 0 Å². The Labute approximate surface area is 209 Å². The molecule has 0 aliphatic carbocycles. The molecule has 0 N–H and O–H groups in total. The number of fused-ring (bicyclic) bond motifs is 1. The van der Waals surface area contributed by atoms with Gasteiger partial charge in [0.05, 0.1) is 17.5 Å². The summed E-state index contributed by atoms with van der Waals surface area (Å²) < 4.78 is 29.9. The molecule has 0 saturated carbocycles. The van der Waals surface area contributed by atoms with E-state index in [-0.39, 0.29) is 69.2 Å². The average molecular weight is 468 g/mol. The fourth-order valence-electron chi connectivity index (χ4n) is 2.55. The Hall–Kier alpha value is -1.58. The normalized spacial score (nSPS) is 9.82. The molecule has 0 spiro atoms. The fraction of sp³-hybridized carbons (Fsp3) is 0. The predicted octanol–water partition coefficient (Wildman–Crippen LogP) is 1.32. The summed E-state index contributed by atoms with van der Waals surface area (Å²) >= 11 is 3.23. The molecule has 2 aromatic carbocycles. The summed E-state index contributed by atoms with van der Waals surface area (Å²) in [5.41, 5.74) is 2.66. The van der Waals surface area contributed by atoms with Gasteiger partial charge in [-0.2, -0.15) is 9.59 Å². The van der Waals surface area contributed by atoms with Crippen molar-refractivity contribution in [3.63, 3.8) is 0 Å². The Balaban J connectivity index is 0.000000660. The summed E-state index contributed by atoms with van der Waals surface area (Å²) in [4.78, 5) is 20.7. The fourth-order valence-corrected chi connectivity index (χ4v) is 2.88. The van der Waals surface area contributed by atoms with Crippen LogP contribution in [0, 0.1) is 17.8 Å². The number of aromatic nitrogens is 3. The van der Waals surface area contributed by atoms with Crippen LogP contribution in [-0.4, -0.2) is 20.7 Å². The van der Waals surface area contributed by atoms with Crippen LogP contribution in [0.25, 0.3) is 28.0 Å². The number of nitrogens with zero attached hydrogens (tertiary/aromatic N) is 3. The van der Waals surface area contributed by atoms with Gasteiger partial charge in [-0.15, -0.1) is 11.8 Å². The molecule has 28 heavy (non-hydrogen) atoms. The molecule has 9 heteroatoms. The van der Waals surface area contributed by atoms with E-state index < -0.39 is 0 Å². The zero-order chi connectivity index (χ0) is 19.4. The molecular weight excluding hydrogens is 459 g/mol. The van der Waals surface area contributed by atoms with Gasteiger partial charge in [-0.05, 0) is 30.3 Å². The van der Waals surface area contributed by atoms with Crippen LogP contribution in [0.3, 0.4) is 0 Å². The molecular formula is C19H9BrF2KN3O2. The molecule has 4 aromatic rings. The third-order valence-corrected chi connectivity index (χ3v) is 4.14. The molecule has 4 rings (SSSR count). The number of benzene rings is 2. The second-order valence-corrected chi connectivity index (χ2v) is 6.21. The van der Waals surface area contributed by atoms with Crippen LogP contribution in [0.4, 0.5) is 8.78 Å².